The fourth-order valence-corrected chi connectivity index (χ4v) is 4.20. The summed E-state index contributed by atoms with van der Waals surface area (Å²) in [5, 5.41) is 11.5. The number of nitro groups is 1. The van der Waals surface area contributed by atoms with Crippen molar-refractivity contribution in [2.24, 2.45) is 0 Å². The van der Waals surface area contributed by atoms with Crippen LogP contribution in [0.4, 0.5) is 14.5 Å². The van der Waals surface area contributed by atoms with E-state index in [9.17, 15) is 23.7 Å². The van der Waals surface area contributed by atoms with Crippen LogP contribution in [-0.2, 0) is 6.42 Å². The molecule has 6 nitrogen and oxygen atoms in total. The van der Waals surface area contributed by atoms with Gasteiger partial charge in [-0.25, -0.2) is 8.78 Å². The van der Waals surface area contributed by atoms with Gasteiger partial charge in [0.15, 0.2) is 0 Å². The molecule has 1 aromatic heterocycles. The van der Waals surface area contributed by atoms with Crippen molar-refractivity contribution < 1.29 is 13.7 Å². The van der Waals surface area contributed by atoms with E-state index in [1.165, 1.54) is 18.2 Å². The zero-order valence-corrected chi connectivity index (χ0v) is 17.7. The predicted octanol–water partition coefficient (Wildman–Crippen LogP) is 4.74. The largest absolute Gasteiger partial charge is 0.326 e. The van der Waals surface area contributed by atoms with Gasteiger partial charge in [0.1, 0.15) is 11.6 Å². The Balaban J connectivity index is 1.38. The fraction of sp³-hybridized carbons (Fsp3) is 0.292. The second kappa shape index (κ2) is 9.00. The van der Waals surface area contributed by atoms with E-state index >= 15 is 0 Å². The smallest absolute Gasteiger partial charge is 0.272 e. The predicted molar refractivity (Wildman–Crippen MR) is 120 cm³/mol. The molecule has 8 heteroatoms. The number of nitrogens with one attached hydrogen (secondary N) is 1. The Morgan fingerprint density at radius 1 is 1.16 bits per heavy atom. The summed E-state index contributed by atoms with van der Waals surface area (Å²) in [5.74, 6) is -1.09. The molecule has 0 bridgehead atoms. The zero-order chi connectivity index (χ0) is 22.8. The number of aromatic nitrogens is 1. The van der Waals surface area contributed by atoms with Crippen LogP contribution in [0.3, 0.4) is 0 Å². The summed E-state index contributed by atoms with van der Waals surface area (Å²) >= 11 is 0. The Bertz CT molecular complexity index is 1280. The SMILES string of the molecule is Cc1ccc(F)c2c(=O)[nH]c(CCCN3CC=C(c4ccc([N+](=O)[O-])cc4F)CC3)cc12. The van der Waals surface area contributed by atoms with Gasteiger partial charge in [0.2, 0.25) is 0 Å². The number of pyridine rings is 1. The second-order valence-electron chi connectivity index (χ2n) is 8.08. The number of benzene rings is 2. The van der Waals surface area contributed by atoms with Gasteiger partial charge in [-0.2, -0.15) is 0 Å². The van der Waals surface area contributed by atoms with Gasteiger partial charge in [-0.3, -0.25) is 19.8 Å². The minimum absolute atomic E-state index is 0.0981. The van der Waals surface area contributed by atoms with E-state index in [4.69, 9.17) is 0 Å². The highest BCUT2D eigenvalue weighted by Crippen LogP contribution is 2.27. The van der Waals surface area contributed by atoms with Gasteiger partial charge in [-0.1, -0.05) is 12.1 Å². The number of nitrogens with zero attached hydrogens (tertiary/aromatic N) is 2. The number of hydrogen-bond donors (Lipinski definition) is 1. The minimum atomic E-state index is -0.607. The number of non-ortho nitro benzene ring substituents is 1. The summed E-state index contributed by atoms with van der Waals surface area (Å²) in [6.45, 7) is 4.07. The standard InChI is InChI=1S/C24H23F2N3O3/c1-15-4-7-21(25)23-20(15)13-17(27-24(23)30)3-2-10-28-11-8-16(9-12-28)19-6-5-18(29(31)32)14-22(19)26/h4-8,13-14H,2-3,9-12H2,1H3,(H,27,30). The molecule has 0 fully saturated rings. The summed E-state index contributed by atoms with van der Waals surface area (Å²) in [6, 6.07) is 8.58. The van der Waals surface area contributed by atoms with E-state index < -0.39 is 22.1 Å². The lowest BCUT2D eigenvalue weighted by molar-refractivity contribution is -0.385. The molecule has 0 radical (unpaired) electrons. The van der Waals surface area contributed by atoms with Crippen LogP contribution >= 0.6 is 0 Å². The molecule has 1 aliphatic rings. The Hall–Kier alpha value is -3.39. The Morgan fingerprint density at radius 2 is 1.97 bits per heavy atom. The number of aryl methyl sites for hydroxylation is 2. The topological polar surface area (TPSA) is 79.2 Å². The number of rotatable bonds is 6. The first kappa shape index (κ1) is 21.8. The van der Waals surface area contributed by atoms with E-state index in [-0.39, 0.29) is 11.1 Å². The molecule has 32 heavy (non-hydrogen) atoms. The van der Waals surface area contributed by atoms with E-state index in [0.29, 0.717) is 30.3 Å². The lowest BCUT2D eigenvalue weighted by Crippen LogP contribution is -2.30. The van der Waals surface area contributed by atoms with Crippen LogP contribution in [-0.4, -0.2) is 34.4 Å². The van der Waals surface area contributed by atoms with Crippen molar-refractivity contribution in [3.05, 3.63) is 91.4 Å². The second-order valence-corrected chi connectivity index (χ2v) is 8.08. The van der Waals surface area contributed by atoms with Crippen molar-refractivity contribution in [1.82, 2.24) is 9.88 Å². The maximum atomic E-state index is 14.3. The summed E-state index contributed by atoms with van der Waals surface area (Å²) in [6.07, 6.45) is 4.08. The summed E-state index contributed by atoms with van der Waals surface area (Å²) < 4.78 is 28.3. The van der Waals surface area contributed by atoms with Gasteiger partial charge in [0.25, 0.3) is 11.2 Å². The lowest BCUT2D eigenvalue weighted by Gasteiger charge is -2.26. The molecule has 166 valence electrons. The van der Waals surface area contributed by atoms with Crippen LogP contribution < -0.4 is 5.56 Å². The Morgan fingerprint density at radius 3 is 2.66 bits per heavy atom. The third kappa shape index (κ3) is 4.45. The van der Waals surface area contributed by atoms with Crippen molar-refractivity contribution in [3.63, 3.8) is 0 Å². The van der Waals surface area contributed by atoms with Gasteiger partial charge < -0.3 is 4.98 Å². The summed E-state index contributed by atoms with van der Waals surface area (Å²) in [7, 11) is 0. The number of fused-ring (bicyclic) bond motifs is 1. The monoisotopic (exact) mass is 439 g/mol. The van der Waals surface area contributed by atoms with E-state index in [0.717, 1.165) is 42.4 Å². The molecule has 3 aromatic rings. The first-order valence-corrected chi connectivity index (χ1v) is 10.5. The number of halogens is 2. The minimum Gasteiger partial charge on any atom is -0.326 e. The first-order chi connectivity index (χ1) is 15.3. The molecule has 0 saturated heterocycles. The average molecular weight is 439 g/mol. The quantitative estimate of drug-likeness (QED) is 0.444. The highest BCUT2D eigenvalue weighted by atomic mass is 19.1. The lowest BCUT2D eigenvalue weighted by atomic mass is 9.98. The molecule has 0 spiro atoms. The molecular weight excluding hydrogens is 416 g/mol. The van der Waals surface area contributed by atoms with E-state index in [2.05, 4.69) is 9.88 Å². The van der Waals surface area contributed by atoms with Gasteiger partial charge in [-0.15, -0.1) is 0 Å². The average Bonchev–Trinajstić information content (AvgIpc) is 2.76. The number of nitro benzene ring substituents is 1. The molecule has 2 aromatic carbocycles. The van der Waals surface area contributed by atoms with Gasteiger partial charge >= 0.3 is 0 Å². The van der Waals surface area contributed by atoms with Crippen LogP contribution in [0, 0.1) is 28.7 Å². The first-order valence-electron chi connectivity index (χ1n) is 10.5. The fourth-order valence-electron chi connectivity index (χ4n) is 4.20. The zero-order valence-electron chi connectivity index (χ0n) is 17.7. The molecular formula is C24H23F2N3O3. The molecule has 0 atom stereocenters. The molecule has 1 aliphatic heterocycles. The van der Waals surface area contributed by atoms with Crippen molar-refractivity contribution >= 4 is 22.0 Å². The van der Waals surface area contributed by atoms with Crippen molar-refractivity contribution in [3.8, 4) is 0 Å². The summed E-state index contributed by atoms with van der Waals surface area (Å²) in [4.78, 5) is 27.5. The third-order valence-electron chi connectivity index (χ3n) is 5.96. The highest BCUT2D eigenvalue weighted by Gasteiger charge is 2.18. The number of hydrogen-bond acceptors (Lipinski definition) is 4. The van der Waals surface area contributed by atoms with Gasteiger partial charge in [-0.05, 0) is 67.5 Å². The molecule has 0 aliphatic carbocycles. The van der Waals surface area contributed by atoms with Crippen molar-refractivity contribution in [2.75, 3.05) is 19.6 Å². The van der Waals surface area contributed by atoms with E-state index in [1.54, 1.807) is 6.07 Å². The van der Waals surface area contributed by atoms with Crippen LogP contribution in [0.2, 0.25) is 0 Å². The van der Waals surface area contributed by atoms with Gasteiger partial charge in [0, 0.05) is 30.4 Å². The van der Waals surface area contributed by atoms with Crippen LogP contribution in [0.5, 0.6) is 0 Å². The van der Waals surface area contributed by atoms with E-state index in [1.807, 2.05) is 19.1 Å². The number of H-pyrrole nitrogens is 1. The molecule has 1 N–H and O–H groups in total. The molecule has 0 saturated carbocycles. The maximum absolute atomic E-state index is 14.3. The Labute approximate surface area is 183 Å². The maximum Gasteiger partial charge on any atom is 0.272 e. The Kier molecular flexibility index (Phi) is 6.14. The van der Waals surface area contributed by atoms with Crippen LogP contribution in [0.15, 0.2) is 47.3 Å². The third-order valence-corrected chi connectivity index (χ3v) is 5.96. The van der Waals surface area contributed by atoms with Crippen LogP contribution in [0.25, 0.3) is 16.3 Å². The highest BCUT2D eigenvalue weighted by molar-refractivity contribution is 5.85. The summed E-state index contributed by atoms with van der Waals surface area (Å²) in [5.41, 5.74) is 2.23. The molecule has 0 amide bonds. The number of aromatic amines is 1. The molecule has 4 rings (SSSR count). The van der Waals surface area contributed by atoms with Crippen molar-refractivity contribution in [1.29, 1.82) is 0 Å². The van der Waals surface area contributed by atoms with Gasteiger partial charge in [0.05, 0.1) is 16.4 Å². The molecule has 0 unspecified atom stereocenters. The normalized spacial score (nSPS) is 14.5. The van der Waals surface area contributed by atoms with Crippen LogP contribution in [0.1, 0.15) is 29.7 Å². The van der Waals surface area contributed by atoms with Crippen molar-refractivity contribution in [2.45, 2.75) is 26.2 Å². The molecule has 2 heterocycles.